The number of amides is 3. The molecule has 0 aromatic heterocycles. The normalized spacial score (nSPS) is 40.2. The summed E-state index contributed by atoms with van der Waals surface area (Å²) in [5, 5.41) is 6.43. The second kappa shape index (κ2) is 10.8. The zero-order chi connectivity index (χ0) is 28.2. The number of fused-ring (bicyclic) bond motifs is 1. The van der Waals surface area contributed by atoms with Gasteiger partial charge in [-0.25, -0.2) is 0 Å². The first-order valence-electron chi connectivity index (χ1n) is 15.2. The van der Waals surface area contributed by atoms with E-state index in [1.165, 1.54) is 6.42 Å². The third-order valence-electron chi connectivity index (χ3n) is 10.6. The first-order chi connectivity index (χ1) is 19.2. The molecule has 2 saturated carbocycles. The number of benzene rings is 1. The molecule has 3 amide bonds. The summed E-state index contributed by atoms with van der Waals surface area (Å²) in [5.74, 6) is -0.293. The Labute approximate surface area is 242 Å². The van der Waals surface area contributed by atoms with Gasteiger partial charge in [0.05, 0.1) is 17.9 Å². The molecule has 3 aliphatic heterocycles. The van der Waals surface area contributed by atoms with Crippen molar-refractivity contribution >= 4 is 35.2 Å². The first-order valence-corrected chi connectivity index (χ1v) is 16.4. The summed E-state index contributed by atoms with van der Waals surface area (Å²) in [6.45, 7) is 6.74. The van der Waals surface area contributed by atoms with E-state index in [-0.39, 0.29) is 29.8 Å². The van der Waals surface area contributed by atoms with E-state index in [9.17, 15) is 14.4 Å². The number of carbonyl (C=O) groups is 3. The van der Waals surface area contributed by atoms with Crippen LogP contribution in [0.4, 0.5) is 5.69 Å². The Morgan fingerprint density at radius 3 is 2.58 bits per heavy atom. The molecule has 216 valence electrons. The van der Waals surface area contributed by atoms with Crippen LogP contribution >= 0.6 is 11.8 Å². The highest BCUT2D eigenvalue weighted by Crippen LogP contribution is 2.56. The van der Waals surface area contributed by atoms with Gasteiger partial charge in [-0.15, -0.1) is 11.8 Å². The highest BCUT2D eigenvalue weighted by molar-refractivity contribution is 7.98. The van der Waals surface area contributed by atoms with E-state index in [4.69, 9.17) is 4.74 Å². The summed E-state index contributed by atoms with van der Waals surface area (Å²) in [6, 6.07) is 7.04. The molecule has 2 saturated heterocycles. The molecule has 1 aromatic rings. The van der Waals surface area contributed by atoms with Crippen molar-refractivity contribution < 1.29 is 19.1 Å². The number of hydrogen-bond donors (Lipinski definition) is 2. The molecule has 8 atom stereocenters. The molecule has 2 bridgehead atoms. The van der Waals surface area contributed by atoms with Crippen molar-refractivity contribution in [1.82, 2.24) is 10.2 Å². The molecule has 0 radical (unpaired) electrons. The standard InChI is InChI=1S/C32H43N3O4S/c1-18-11-13-22(14-12-18)35-28(30(37)34-24-10-5-7-19(2)20(24)3)32-16-15-25(39-32)26(27(32)31(35)38)29(36)33-21-8-6-9-23(17-21)40-4/h6,8-9,15-20,22,24-28H,5,7,10-14H2,1-4H3,(H,33,36)(H,34,37). The van der Waals surface area contributed by atoms with E-state index in [0.717, 1.165) is 43.4 Å². The van der Waals surface area contributed by atoms with Crippen LogP contribution < -0.4 is 10.6 Å². The lowest BCUT2D eigenvalue weighted by molar-refractivity contribution is -0.145. The van der Waals surface area contributed by atoms with Crippen LogP contribution in [0.15, 0.2) is 41.3 Å². The number of thioether (sulfide) groups is 1. The number of nitrogens with zero attached hydrogens (tertiary/aromatic N) is 1. The molecule has 6 rings (SSSR count). The number of rotatable bonds is 6. The Balaban J connectivity index is 1.31. The van der Waals surface area contributed by atoms with Crippen LogP contribution in [0.2, 0.25) is 0 Å². The summed E-state index contributed by atoms with van der Waals surface area (Å²) >= 11 is 1.61. The Morgan fingerprint density at radius 1 is 1.05 bits per heavy atom. The van der Waals surface area contributed by atoms with Crippen LogP contribution in [-0.2, 0) is 19.1 Å². The van der Waals surface area contributed by atoms with Gasteiger partial charge in [0.25, 0.3) is 0 Å². The van der Waals surface area contributed by atoms with Gasteiger partial charge in [-0.3, -0.25) is 14.4 Å². The Bertz CT molecular complexity index is 1200. The molecule has 8 heteroatoms. The lowest BCUT2D eigenvalue weighted by Gasteiger charge is -2.41. The van der Waals surface area contributed by atoms with Gasteiger partial charge in [-0.05, 0) is 74.3 Å². The Morgan fingerprint density at radius 2 is 1.82 bits per heavy atom. The van der Waals surface area contributed by atoms with Gasteiger partial charge in [0.15, 0.2) is 0 Å². The molecular weight excluding hydrogens is 522 g/mol. The maximum absolute atomic E-state index is 14.4. The van der Waals surface area contributed by atoms with Gasteiger partial charge >= 0.3 is 0 Å². The number of ether oxygens (including phenoxy) is 1. The van der Waals surface area contributed by atoms with Crippen molar-refractivity contribution in [2.75, 3.05) is 11.6 Å². The van der Waals surface area contributed by atoms with Crippen molar-refractivity contribution in [2.24, 2.45) is 29.6 Å². The number of likely N-dealkylation sites (tertiary alicyclic amines) is 1. The van der Waals surface area contributed by atoms with Crippen LogP contribution in [0.25, 0.3) is 0 Å². The van der Waals surface area contributed by atoms with Gasteiger partial charge in [-0.2, -0.15) is 0 Å². The zero-order valence-corrected chi connectivity index (χ0v) is 24.9. The van der Waals surface area contributed by atoms with Crippen LogP contribution in [-0.4, -0.2) is 58.7 Å². The van der Waals surface area contributed by atoms with E-state index in [1.54, 1.807) is 11.8 Å². The van der Waals surface area contributed by atoms with E-state index in [2.05, 4.69) is 31.4 Å². The maximum Gasteiger partial charge on any atom is 0.246 e. The molecule has 4 fully saturated rings. The minimum absolute atomic E-state index is 0.0138. The highest BCUT2D eigenvalue weighted by atomic mass is 32.2. The summed E-state index contributed by atoms with van der Waals surface area (Å²) in [7, 11) is 0. The van der Waals surface area contributed by atoms with Crippen LogP contribution in [0.3, 0.4) is 0 Å². The topological polar surface area (TPSA) is 87.7 Å². The SMILES string of the molecule is CSc1cccc(NC(=O)C2C3C=CC4(O3)C2C(=O)N(C2CCC(C)CC2)C4C(=O)NC2CCCC(C)C2C)c1. The molecule has 2 N–H and O–H groups in total. The van der Waals surface area contributed by atoms with E-state index < -0.39 is 29.6 Å². The van der Waals surface area contributed by atoms with Crippen molar-refractivity contribution in [3.63, 3.8) is 0 Å². The molecule has 1 spiro atoms. The van der Waals surface area contributed by atoms with Crippen LogP contribution in [0.1, 0.15) is 65.7 Å². The second-order valence-corrected chi connectivity index (χ2v) is 13.8. The first kappa shape index (κ1) is 27.8. The molecule has 5 aliphatic rings. The quantitative estimate of drug-likeness (QED) is 0.374. The molecule has 3 heterocycles. The predicted molar refractivity (Wildman–Crippen MR) is 157 cm³/mol. The zero-order valence-electron chi connectivity index (χ0n) is 24.1. The fourth-order valence-corrected chi connectivity index (χ4v) is 8.55. The molecule has 7 nitrogen and oxygen atoms in total. The van der Waals surface area contributed by atoms with Gasteiger partial charge < -0.3 is 20.3 Å². The Kier molecular flexibility index (Phi) is 7.53. The molecule has 1 aromatic carbocycles. The highest BCUT2D eigenvalue weighted by Gasteiger charge is 2.73. The smallest absolute Gasteiger partial charge is 0.246 e. The second-order valence-electron chi connectivity index (χ2n) is 13.0. The van der Waals surface area contributed by atoms with Gasteiger partial charge in [0.1, 0.15) is 11.6 Å². The lowest BCUT2D eigenvalue weighted by atomic mass is 9.73. The van der Waals surface area contributed by atoms with E-state index in [0.29, 0.717) is 23.4 Å². The summed E-state index contributed by atoms with van der Waals surface area (Å²) in [5.41, 5.74) is -0.405. The number of nitrogens with one attached hydrogen (secondary N) is 2. The predicted octanol–water partition coefficient (Wildman–Crippen LogP) is 5.02. The minimum atomic E-state index is -1.11. The monoisotopic (exact) mass is 565 g/mol. The van der Waals surface area contributed by atoms with Gasteiger partial charge in [0, 0.05) is 22.7 Å². The number of anilines is 1. The lowest BCUT2D eigenvalue weighted by Crippen LogP contribution is -2.59. The molecule has 8 unspecified atom stereocenters. The number of hydrogen-bond acceptors (Lipinski definition) is 5. The Hall–Kier alpha value is -2.32. The van der Waals surface area contributed by atoms with E-state index >= 15 is 0 Å². The number of carbonyl (C=O) groups excluding carboxylic acids is 3. The summed E-state index contributed by atoms with van der Waals surface area (Å²) < 4.78 is 6.58. The molecule has 40 heavy (non-hydrogen) atoms. The van der Waals surface area contributed by atoms with Crippen molar-refractivity contribution in [1.29, 1.82) is 0 Å². The molecule has 2 aliphatic carbocycles. The fourth-order valence-electron chi connectivity index (χ4n) is 8.09. The largest absolute Gasteiger partial charge is 0.359 e. The summed E-state index contributed by atoms with van der Waals surface area (Å²) in [6.07, 6.45) is 12.4. The fraction of sp³-hybridized carbons (Fsp3) is 0.656. The molecular formula is C32H43N3O4S. The van der Waals surface area contributed by atoms with Gasteiger partial charge in [-0.1, -0.05) is 51.8 Å². The van der Waals surface area contributed by atoms with Crippen molar-refractivity contribution in [2.45, 2.75) is 100 Å². The average Bonchev–Trinajstić information content (AvgIpc) is 3.59. The van der Waals surface area contributed by atoms with Crippen LogP contribution in [0, 0.1) is 29.6 Å². The summed E-state index contributed by atoms with van der Waals surface area (Å²) in [4.78, 5) is 45.3. The van der Waals surface area contributed by atoms with Gasteiger partial charge in [0.2, 0.25) is 17.7 Å². The maximum atomic E-state index is 14.4. The van der Waals surface area contributed by atoms with Crippen molar-refractivity contribution in [3.05, 3.63) is 36.4 Å². The average molecular weight is 566 g/mol. The third kappa shape index (κ3) is 4.59. The minimum Gasteiger partial charge on any atom is -0.359 e. The van der Waals surface area contributed by atoms with E-state index in [1.807, 2.05) is 47.6 Å². The van der Waals surface area contributed by atoms with Crippen molar-refractivity contribution in [3.8, 4) is 0 Å². The van der Waals surface area contributed by atoms with Crippen LogP contribution in [0.5, 0.6) is 0 Å². The third-order valence-corrected chi connectivity index (χ3v) is 11.3.